The van der Waals surface area contributed by atoms with Gasteiger partial charge in [-0.25, -0.2) is 4.39 Å². The number of halogens is 1. The van der Waals surface area contributed by atoms with Gasteiger partial charge in [0.05, 0.1) is 12.1 Å². The molecule has 0 saturated heterocycles. The molecule has 2 aromatic rings. The third-order valence-electron chi connectivity index (χ3n) is 3.72. The van der Waals surface area contributed by atoms with Crippen molar-refractivity contribution in [2.75, 3.05) is 5.32 Å². The van der Waals surface area contributed by atoms with E-state index in [0.717, 1.165) is 12.1 Å². The lowest BCUT2D eigenvalue weighted by Crippen LogP contribution is -2.24. The Morgan fingerprint density at radius 2 is 2.05 bits per heavy atom. The highest BCUT2D eigenvalue weighted by Gasteiger charge is 2.27. The highest BCUT2D eigenvalue weighted by atomic mass is 19.1. The highest BCUT2D eigenvalue weighted by molar-refractivity contribution is 5.57. The van der Waals surface area contributed by atoms with E-state index in [1.807, 2.05) is 24.3 Å². The van der Waals surface area contributed by atoms with E-state index >= 15 is 0 Å². The van der Waals surface area contributed by atoms with Crippen LogP contribution in [-0.4, -0.2) is 11.1 Å². The number of aryl methyl sites for hydroxylation is 1. The number of para-hydroxylation sites is 1. The van der Waals surface area contributed by atoms with Gasteiger partial charge in [0.25, 0.3) is 0 Å². The zero-order valence-corrected chi connectivity index (χ0v) is 10.7. The molecular weight excluding hydrogens is 241 g/mol. The van der Waals surface area contributed by atoms with Gasteiger partial charge in [0, 0.05) is 5.69 Å². The van der Waals surface area contributed by atoms with Crippen LogP contribution in [0.1, 0.15) is 22.8 Å². The molecule has 2 nitrogen and oxygen atoms in total. The molecular formula is C16H16FNO. The molecule has 2 aromatic carbocycles. The SMILES string of the molecule is Cc1ccc(C(O)C2Cc3ccccc3N2)cc1F. The first-order valence-corrected chi connectivity index (χ1v) is 6.44. The zero-order chi connectivity index (χ0) is 13.4. The Hall–Kier alpha value is -1.87. The summed E-state index contributed by atoms with van der Waals surface area (Å²) in [5.41, 5.74) is 3.46. The van der Waals surface area contributed by atoms with Crippen LogP contribution in [0.3, 0.4) is 0 Å². The summed E-state index contributed by atoms with van der Waals surface area (Å²) < 4.78 is 13.6. The van der Waals surface area contributed by atoms with Crippen molar-refractivity contribution < 1.29 is 9.50 Å². The number of hydrogen-bond donors (Lipinski definition) is 2. The average molecular weight is 257 g/mol. The Morgan fingerprint density at radius 3 is 2.79 bits per heavy atom. The fraction of sp³-hybridized carbons (Fsp3) is 0.250. The van der Waals surface area contributed by atoms with Crippen LogP contribution in [0.2, 0.25) is 0 Å². The van der Waals surface area contributed by atoms with E-state index in [1.54, 1.807) is 19.1 Å². The summed E-state index contributed by atoms with van der Waals surface area (Å²) in [6.45, 7) is 1.72. The fourth-order valence-corrected chi connectivity index (χ4v) is 2.54. The molecule has 0 spiro atoms. The van der Waals surface area contributed by atoms with Crippen LogP contribution in [0.4, 0.5) is 10.1 Å². The minimum absolute atomic E-state index is 0.0977. The van der Waals surface area contributed by atoms with Crippen LogP contribution in [0.5, 0.6) is 0 Å². The van der Waals surface area contributed by atoms with Crippen molar-refractivity contribution in [3.05, 3.63) is 65.0 Å². The summed E-state index contributed by atoms with van der Waals surface area (Å²) in [5, 5.41) is 13.7. The second-order valence-corrected chi connectivity index (χ2v) is 5.07. The summed E-state index contributed by atoms with van der Waals surface area (Å²) in [6.07, 6.45) is 0.0508. The summed E-state index contributed by atoms with van der Waals surface area (Å²) in [4.78, 5) is 0. The average Bonchev–Trinajstić information content (AvgIpc) is 2.85. The van der Waals surface area contributed by atoms with Crippen LogP contribution < -0.4 is 5.32 Å². The number of aliphatic hydroxyl groups excluding tert-OH is 1. The van der Waals surface area contributed by atoms with E-state index in [2.05, 4.69) is 5.32 Å². The van der Waals surface area contributed by atoms with E-state index in [4.69, 9.17) is 0 Å². The van der Waals surface area contributed by atoms with Crippen LogP contribution in [-0.2, 0) is 6.42 Å². The molecule has 0 bridgehead atoms. The minimum atomic E-state index is -0.706. The molecule has 1 aliphatic heterocycles. The van der Waals surface area contributed by atoms with Crippen molar-refractivity contribution in [3.63, 3.8) is 0 Å². The lowest BCUT2D eigenvalue weighted by atomic mass is 9.98. The molecule has 98 valence electrons. The summed E-state index contributed by atoms with van der Waals surface area (Å²) >= 11 is 0. The number of rotatable bonds is 2. The van der Waals surface area contributed by atoms with Crippen molar-refractivity contribution in [1.29, 1.82) is 0 Å². The second-order valence-electron chi connectivity index (χ2n) is 5.07. The first-order valence-electron chi connectivity index (χ1n) is 6.44. The summed E-state index contributed by atoms with van der Waals surface area (Å²) in [5.74, 6) is -0.271. The largest absolute Gasteiger partial charge is 0.386 e. The first-order chi connectivity index (χ1) is 9.15. The van der Waals surface area contributed by atoms with Gasteiger partial charge in [-0.3, -0.25) is 0 Å². The van der Waals surface area contributed by atoms with Crippen LogP contribution in [0, 0.1) is 12.7 Å². The molecule has 2 unspecified atom stereocenters. The quantitative estimate of drug-likeness (QED) is 0.866. The maximum atomic E-state index is 13.6. The molecule has 3 rings (SSSR count). The van der Waals surface area contributed by atoms with Crippen molar-refractivity contribution in [2.24, 2.45) is 0 Å². The number of benzene rings is 2. The number of fused-ring (bicyclic) bond motifs is 1. The van der Waals surface area contributed by atoms with Crippen LogP contribution in [0.15, 0.2) is 42.5 Å². The number of nitrogens with one attached hydrogen (secondary N) is 1. The topological polar surface area (TPSA) is 32.3 Å². The third-order valence-corrected chi connectivity index (χ3v) is 3.72. The molecule has 0 saturated carbocycles. The van der Waals surface area contributed by atoms with Crippen LogP contribution in [0.25, 0.3) is 0 Å². The smallest absolute Gasteiger partial charge is 0.126 e. The van der Waals surface area contributed by atoms with E-state index < -0.39 is 6.10 Å². The molecule has 1 heterocycles. The Kier molecular flexibility index (Phi) is 2.99. The Bertz CT molecular complexity index is 586. The van der Waals surface area contributed by atoms with Gasteiger partial charge < -0.3 is 10.4 Å². The monoisotopic (exact) mass is 257 g/mol. The molecule has 0 aliphatic carbocycles. The van der Waals surface area contributed by atoms with Gasteiger partial charge in [0.15, 0.2) is 0 Å². The van der Waals surface area contributed by atoms with Crippen molar-refractivity contribution >= 4 is 5.69 Å². The fourth-order valence-electron chi connectivity index (χ4n) is 2.54. The van der Waals surface area contributed by atoms with Gasteiger partial charge >= 0.3 is 0 Å². The van der Waals surface area contributed by atoms with Gasteiger partial charge in [0.1, 0.15) is 5.82 Å². The second kappa shape index (κ2) is 4.67. The van der Waals surface area contributed by atoms with Gasteiger partial charge in [0.2, 0.25) is 0 Å². The normalized spacial score (nSPS) is 18.8. The predicted octanol–water partition coefficient (Wildman–Crippen LogP) is 3.20. The lowest BCUT2D eigenvalue weighted by molar-refractivity contribution is 0.156. The van der Waals surface area contributed by atoms with Crippen molar-refractivity contribution in [1.82, 2.24) is 0 Å². The van der Waals surface area contributed by atoms with Gasteiger partial charge in [-0.15, -0.1) is 0 Å². The maximum absolute atomic E-state index is 13.6. The number of aliphatic hydroxyl groups is 1. The van der Waals surface area contributed by atoms with E-state index in [0.29, 0.717) is 11.1 Å². The van der Waals surface area contributed by atoms with E-state index in [1.165, 1.54) is 11.6 Å². The lowest BCUT2D eigenvalue weighted by Gasteiger charge is -2.19. The van der Waals surface area contributed by atoms with E-state index in [9.17, 15) is 9.50 Å². The van der Waals surface area contributed by atoms with Gasteiger partial charge in [-0.1, -0.05) is 30.3 Å². The maximum Gasteiger partial charge on any atom is 0.126 e. The Labute approximate surface area is 111 Å². The molecule has 3 heteroatoms. The molecule has 0 fully saturated rings. The minimum Gasteiger partial charge on any atom is -0.386 e. The number of hydrogen-bond acceptors (Lipinski definition) is 2. The summed E-state index contributed by atoms with van der Waals surface area (Å²) in [7, 11) is 0. The van der Waals surface area contributed by atoms with Gasteiger partial charge in [-0.05, 0) is 42.2 Å². The predicted molar refractivity (Wildman–Crippen MR) is 73.7 cm³/mol. The van der Waals surface area contributed by atoms with Gasteiger partial charge in [-0.2, -0.15) is 0 Å². The number of anilines is 1. The first kappa shape index (κ1) is 12.2. The highest BCUT2D eigenvalue weighted by Crippen LogP contribution is 2.32. The molecule has 0 amide bonds. The third kappa shape index (κ3) is 2.22. The molecule has 2 N–H and O–H groups in total. The van der Waals surface area contributed by atoms with E-state index in [-0.39, 0.29) is 11.9 Å². The molecule has 0 radical (unpaired) electrons. The Balaban J connectivity index is 1.82. The standard InChI is InChI=1S/C16H16FNO/c1-10-6-7-12(8-13(10)17)16(19)15-9-11-4-2-3-5-14(11)18-15/h2-8,15-16,18-19H,9H2,1H3. The molecule has 19 heavy (non-hydrogen) atoms. The molecule has 1 aliphatic rings. The molecule has 0 aromatic heterocycles. The van der Waals surface area contributed by atoms with Crippen molar-refractivity contribution in [3.8, 4) is 0 Å². The molecule has 2 atom stereocenters. The Morgan fingerprint density at radius 1 is 1.26 bits per heavy atom. The zero-order valence-electron chi connectivity index (χ0n) is 10.7. The van der Waals surface area contributed by atoms with Crippen molar-refractivity contribution in [2.45, 2.75) is 25.5 Å². The van der Waals surface area contributed by atoms with Crippen LogP contribution >= 0.6 is 0 Å². The summed E-state index contributed by atoms with van der Waals surface area (Å²) in [6, 6.07) is 12.8.